The van der Waals surface area contributed by atoms with Crippen molar-refractivity contribution in [3.05, 3.63) is 33.9 Å². The minimum atomic E-state index is -0.376. The first kappa shape index (κ1) is 14.6. The molecule has 3 rings (SSSR count). The predicted molar refractivity (Wildman–Crippen MR) is 82.0 cm³/mol. The summed E-state index contributed by atoms with van der Waals surface area (Å²) in [6.45, 7) is 1.91. The van der Waals surface area contributed by atoms with Gasteiger partial charge in [0.15, 0.2) is 5.75 Å². The Bertz CT molecular complexity index is 554. The van der Waals surface area contributed by atoms with E-state index < -0.39 is 0 Å². The number of hydrogen-bond acceptors (Lipinski definition) is 3. The van der Waals surface area contributed by atoms with Gasteiger partial charge in [-0.1, -0.05) is 25.3 Å². The van der Waals surface area contributed by atoms with Crippen LogP contribution in [0, 0.1) is 22.5 Å². The molecule has 4 nitrogen and oxygen atoms in total. The first-order valence-electron chi connectivity index (χ1n) is 7.59. The van der Waals surface area contributed by atoms with Gasteiger partial charge in [0.05, 0.1) is 4.92 Å². The molecule has 0 heterocycles. The van der Waals surface area contributed by atoms with Crippen molar-refractivity contribution >= 4 is 17.3 Å². The quantitative estimate of drug-likeness (QED) is 0.465. The lowest BCUT2D eigenvalue weighted by atomic mass is 9.58. The van der Waals surface area contributed by atoms with Gasteiger partial charge in [-0.2, -0.15) is 0 Å². The number of hydrogen-bond donors (Lipinski definition) is 0. The van der Waals surface area contributed by atoms with Crippen molar-refractivity contribution < 1.29 is 9.66 Å². The maximum atomic E-state index is 11.2. The fourth-order valence-electron chi connectivity index (χ4n) is 3.73. The molecule has 0 radical (unpaired) electrons. The summed E-state index contributed by atoms with van der Waals surface area (Å²) in [5, 5.41) is 11.3. The van der Waals surface area contributed by atoms with Gasteiger partial charge in [0.2, 0.25) is 0 Å². The van der Waals surface area contributed by atoms with E-state index in [1.54, 1.807) is 12.1 Å². The van der Waals surface area contributed by atoms with Crippen LogP contribution in [0.25, 0.3) is 0 Å². The van der Waals surface area contributed by atoms with Gasteiger partial charge in [0.1, 0.15) is 6.10 Å². The first-order chi connectivity index (χ1) is 10.0. The molecule has 2 aliphatic carbocycles. The standard InChI is InChI=1S/C16H20ClNO3/c1-11-5-6-12(18(19)20)13(9-11)21-15-10-14(17)16(15)7-3-2-4-8-16/h5-6,9,14-15H,2-4,7-8,10H2,1H3. The summed E-state index contributed by atoms with van der Waals surface area (Å²) >= 11 is 6.47. The summed E-state index contributed by atoms with van der Waals surface area (Å²) in [6.07, 6.45) is 6.56. The molecule has 2 unspecified atom stereocenters. The predicted octanol–water partition coefficient (Wildman–Crippen LogP) is 4.61. The maximum absolute atomic E-state index is 11.2. The van der Waals surface area contributed by atoms with Crippen LogP contribution in [0.4, 0.5) is 5.69 Å². The molecule has 1 spiro atoms. The van der Waals surface area contributed by atoms with Gasteiger partial charge in [-0.15, -0.1) is 11.6 Å². The highest BCUT2D eigenvalue weighted by atomic mass is 35.5. The molecule has 2 atom stereocenters. The van der Waals surface area contributed by atoms with Crippen molar-refractivity contribution in [2.45, 2.75) is 56.9 Å². The second kappa shape index (κ2) is 5.48. The Morgan fingerprint density at radius 2 is 2.05 bits per heavy atom. The van der Waals surface area contributed by atoms with Crippen molar-refractivity contribution in [2.75, 3.05) is 0 Å². The highest BCUT2D eigenvalue weighted by Crippen LogP contribution is 2.56. The van der Waals surface area contributed by atoms with Crippen LogP contribution < -0.4 is 4.74 Å². The molecule has 0 N–H and O–H groups in total. The fraction of sp³-hybridized carbons (Fsp3) is 0.625. The molecule has 2 aliphatic rings. The molecular formula is C16H20ClNO3. The first-order valence-corrected chi connectivity index (χ1v) is 8.02. The average Bonchev–Trinajstić information content (AvgIpc) is 2.47. The summed E-state index contributed by atoms with van der Waals surface area (Å²) in [6, 6.07) is 5.03. The molecule has 0 bridgehead atoms. The van der Waals surface area contributed by atoms with Crippen molar-refractivity contribution in [1.82, 2.24) is 0 Å². The Morgan fingerprint density at radius 3 is 2.67 bits per heavy atom. The minimum Gasteiger partial charge on any atom is -0.483 e. The SMILES string of the molecule is Cc1ccc([N+](=O)[O-])c(OC2CC(Cl)C23CCCCC3)c1. The molecule has 1 aromatic rings. The summed E-state index contributed by atoms with van der Waals surface area (Å²) in [5.41, 5.74) is 1.04. The molecule has 0 amide bonds. The Labute approximate surface area is 129 Å². The third-order valence-electron chi connectivity index (χ3n) is 5.05. The van der Waals surface area contributed by atoms with E-state index in [0.717, 1.165) is 24.8 Å². The number of aryl methyl sites for hydroxylation is 1. The Kier molecular flexibility index (Phi) is 3.82. The van der Waals surface area contributed by atoms with E-state index in [0.29, 0.717) is 5.75 Å². The van der Waals surface area contributed by atoms with E-state index in [9.17, 15) is 10.1 Å². The number of nitro groups is 1. The van der Waals surface area contributed by atoms with Gasteiger partial charge in [-0.05, 0) is 31.4 Å². The van der Waals surface area contributed by atoms with Crippen LogP contribution in [0.3, 0.4) is 0 Å². The summed E-state index contributed by atoms with van der Waals surface area (Å²) in [7, 11) is 0. The van der Waals surface area contributed by atoms with Crippen molar-refractivity contribution in [3.63, 3.8) is 0 Å². The van der Waals surface area contributed by atoms with Crippen LogP contribution in [0.2, 0.25) is 0 Å². The normalized spacial score (nSPS) is 27.1. The van der Waals surface area contributed by atoms with Gasteiger partial charge in [0.25, 0.3) is 0 Å². The van der Waals surface area contributed by atoms with Crippen LogP contribution in [-0.2, 0) is 0 Å². The van der Waals surface area contributed by atoms with Crippen LogP contribution in [0.1, 0.15) is 44.1 Å². The molecule has 0 aromatic heterocycles. The summed E-state index contributed by atoms with van der Waals surface area (Å²) < 4.78 is 6.06. The van der Waals surface area contributed by atoms with Crippen molar-refractivity contribution in [3.8, 4) is 5.75 Å². The van der Waals surface area contributed by atoms with E-state index in [2.05, 4.69) is 0 Å². The zero-order chi connectivity index (χ0) is 15.0. The van der Waals surface area contributed by atoms with E-state index >= 15 is 0 Å². The van der Waals surface area contributed by atoms with E-state index in [4.69, 9.17) is 16.3 Å². The fourth-order valence-corrected chi connectivity index (χ4v) is 4.25. The number of benzene rings is 1. The Morgan fingerprint density at radius 1 is 1.33 bits per heavy atom. The number of alkyl halides is 1. The molecule has 0 saturated heterocycles. The average molecular weight is 310 g/mol. The molecule has 2 fully saturated rings. The smallest absolute Gasteiger partial charge is 0.310 e. The summed E-state index contributed by atoms with van der Waals surface area (Å²) in [4.78, 5) is 10.8. The zero-order valence-corrected chi connectivity index (χ0v) is 12.9. The Hall–Kier alpha value is -1.29. The largest absolute Gasteiger partial charge is 0.483 e. The minimum absolute atomic E-state index is 0.0146. The summed E-state index contributed by atoms with van der Waals surface area (Å²) in [5.74, 6) is 0.388. The number of ether oxygens (including phenoxy) is 1. The topological polar surface area (TPSA) is 52.4 Å². The lowest BCUT2D eigenvalue weighted by Gasteiger charge is -2.54. The maximum Gasteiger partial charge on any atom is 0.310 e. The van der Waals surface area contributed by atoms with Crippen LogP contribution in [0.5, 0.6) is 5.75 Å². The van der Waals surface area contributed by atoms with E-state index in [-0.39, 0.29) is 27.5 Å². The highest BCUT2D eigenvalue weighted by molar-refractivity contribution is 6.21. The monoisotopic (exact) mass is 309 g/mol. The highest BCUT2D eigenvalue weighted by Gasteiger charge is 2.56. The number of nitro benzene ring substituents is 1. The number of halogens is 1. The van der Waals surface area contributed by atoms with E-state index in [1.165, 1.54) is 25.3 Å². The zero-order valence-electron chi connectivity index (χ0n) is 12.2. The van der Waals surface area contributed by atoms with Gasteiger partial charge in [0, 0.05) is 23.3 Å². The Balaban J connectivity index is 1.84. The van der Waals surface area contributed by atoms with Gasteiger partial charge in [-0.3, -0.25) is 10.1 Å². The van der Waals surface area contributed by atoms with Crippen LogP contribution in [0.15, 0.2) is 18.2 Å². The second-order valence-electron chi connectivity index (χ2n) is 6.33. The van der Waals surface area contributed by atoms with E-state index in [1.807, 2.05) is 6.92 Å². The van der Waals surface area contributed by atoms with Gasteiger partial charge < -0.3 is 4.74 Å². The molecule has 114 valence electrons. The van der Waals surface area contributed by atoms with Crippen molar-refractivity contribution in [2.24, 2.45) is 5.41 Å². The second-order valence-corrected chi connectivity index (χ2v) is 6.86. The molecule has 5 heteroatoms. The molecule has 21 heavy (non-hydrogen) atoms. The molecule has 1 aromatic carbocycles. The van der Waals surface area contributed by atoms with Gasteiger partial charge >= 0.3 is 5.69 Å². The number of nitrogens with zero attached hydrogens (tertiary/aromatic N) is 1. The van der Waals surface area contributed by atoms with Crippen LogP contribution >= 0.6 is 11.6 Å². The third-order valence-corrected chi connectivity index (χ3v) is 5.66. The third kappa shape index (κ3) is 2.50. The lowest BCUT2D eigenvalue weighted by Crippen LogP contribution is -2.58. The van der Waals surface area contributed by atoms with Crippen LogP contribution in [-0.4, -0.2) is 16.4 Å². The number of rotatable bonds is 3. The van der Waals surface area contributed by atoms with Crippen molar-refractivity contribution in [1.29, 1.82) is 0 Å². The molecule has 2 saturated carbocycles. The van der Waals surface area contributed by atoms with Gasteiger partial charge in [-0.25, -0.2) is 0 Å². The lowest BCUT2D eigenvalue weighted by molar-refractivity contribution is -0.386. The molecular weight excluding hydrogens is 290 g/mol. The molecule has 0 aliphatic heterocycles.